The summed E-state index contributed by atoms with van der Waals surface area (Å²) < 4.78 is 25.2. The summed E-state index contributed by atoms with van der Waals surface area (Å²) in [4.78, 5) is 13.7. The second-order valence-corrected chi connectivity index (χ2v) is 7.50. The van der Waals surface area contributed by atoms with Crippen LogP contribution >= 0.6 is 0 Å². The molecule has 0 saturated carbocycles. The molecule has 1 aromatic carbocycles. The minimum absolute atomic E-state index is 0.0331. The van der Waals surface area contributed by atoms with Gasteiger partial charge < -0.3 is 4.90 Å². The van der Waals surface area contributed by atoms with Crippen molar-refractivity contribution in [1.82, 2.24) is 4.90 Å². The molecule has 0 saturated heterocycles. The summed E-state index contributed by atoms with van der Waals surface area (Å²) in [7, 11) is -1.65. The van der Waals surface area contributed by atoms with Gasteiger partial charge in [-0.25, -0.2) is 8.42 Å². The van der Waals surface area contributed by atoms with E-state index in [4.69, 9.17) is 0 Å². The van der Waals surface area contributed by atoms with Gasteiger partial charge in [0.2, 0.25) is 15.9 Å². The molecular weight excluding hydrogens is 300 g/mol. The van der Waals surface area contributed by atoms with Gasteiger partial charge >= 0.3 is 0 Å². The van der Waals surface area contributed by atoms with Crippen molar-refractivity contribution in [2.75, 3.05) is 30.7 Å². The molecule has 0 fully saturated rings. The van der Waals surface area contributed by atoms with E-state index in [-0.39, 0.29) is 18.9 Å². The maximum Gasteiger partial charge on any atom is 0.232 e. The molecule has 0 atom stereocenters. The van der Waals surface area contributed by atoms with Crippen molar-refractivity contribution in [3.63, 3.8) is 0 Å². The molecule has 0 aliphatic carbocycles. The summed E-state index contributed by atoms with van der Waals surface area (Å²) in [6.07, 6.45) is 3.33. The molecule has 22 heavy (non-hydrogen) atoms. The third-order valence-electron chi connectivity index (χ3n) is 3.52. The average molecular weight is 326 g/mol. The average Bonchev–Trinajstić information content (AvgIpc) is 2.45. The molecule has 1 aromatic rings. The molecule has 0 heterocycles. The summed E-state index contributed by atoms with van der Waals surface area (Å²) in [5, 5.41) is 0. The third kappa shape index (κ3) is 5.67. The lowest BCUT2D eigenvalue weighted by Crippen LogP contribution is -2.35. The molecule has 1 rings (SSSR count). The summed E-state index contributed by atoms with van der Waals surface area (Å²) in [5.41, 5.74) is 1.66. The van der Waals surface area contributed by atoms with Gasteiger partial charge in [-0.1, -0.05) is 31.0 Å². The minimum atomic E-state index is -3.41. The van der Waals surface area contributed by atoms with E-state index >= 15 is 0 Å². The fourth-order valence-corrected chi connectivity index (χ4v) is 3.03. The predicted octanol–water partition coefficient (Wildman–Crippen LogP) is 2.41. The van der Waals surface area contributed by atoms with Gasteiger partial charge in [-0.2, -0.15) is 0 Å². The molecule has 0 aliphatic heterocycles. The summed E-state index contributed by atoms with van der Waals surface area (Å²) in [6.45, 7) is 4.89. The Morgan fingerprint density at radius 3 is 2.23 bits per heavy atom. The van der Waals surface area contributed by atoms with E-state index in [0.29, 0.717) is 12.2 Å². The van der Waals surface area contributed by atoms with Gasteiger partial charge in [-0.05, 0) is 25.5 Å². The standard InChI is InChI=1S/C16H26N2O3S/c1-5-6-12-17(3)16(19)11-13-18(22(4,20)21)15-9-7-14(2)8-10-15/h7-10H,5-6,11-13H2,1-4H3. The number of carbonyl (C=O) groups excluding carboxylic acids is 1. The van der Waals surface area contributed by atoms with Gasteiger partial charge in [-0.15, -0.1) is 0 Å². The second kappa shape index (κ2) is 8.17. The molecule has 5 nitrogen and oxygen atoms in total. The van der Waals surface area contributed by atoms with Crippen LogP contribution in [0.4, 0.5) is 5.69 Å². The van der Waals surface area contributed by atoms with Crippen LogP contribution in [0.5, 0.6) is 0 Å². The zero-order valence-corrected chi connectivity index (χ0v) is 14.7. The van der Waals surface area contributed by atoms with Crippen molar-refractivity contribution in [3.05, 3.63) is 29.8 Å². The van der Waals surface area contributed by atoms with Gasteiger partial charge in [0.05, 0.1) is 11.9 Å². The zero-order valence-electron chi connectivity index (χ0n) is 13.9. The Balaban J connectivity index is 2.76. The number of anilines is 1. The Morgan fingerprint density at radius 1 is 1.14 bits per heavy atom. The number of hydrogen-bond acceptors (Lipinski definition) is 3. The number of aryl methyl sites for hydroxylation is 1. The first-order valence-corrected chi connectivity index (χ1v) is 9.39. The number of hydrogen-bond donors (Lipinski definition) is 0. The van der Waals surface area contributed by atoms with E-state index in [1.807, 2.05) is 19.1 Å². The molecule has 0 bridgehead atoms. The first-order valence-electron chi connectivity index (χ1n) is 7.54. The smallest absolute Gasteiger partial charge is 0.232 e. The fraction of sp³-hybridized carbons (Fsp3) is 0.562. The molecule has 0 aliphatic rings. The van der Waals surface area contributed by atoms with Gasteiger partial charge in [0, 0.05) is 26.6 Å². The van der Waals surface area contributed by atoms with Crippen LogP contribution in [0.2, 0.25) is 0 Å². The Hall–Kier alpha value is -1.56. The highest BCUT2D eigenvalue weighted by molar-refractivity contribution is 7.92. The quantitative estimate of drug-likeness (QED) is 0.737. The van der Waals surface area contributed by atoms with Gasteiger partial charge in [-0.3, -0.25) is 9.10 Å². The topological polar surface area (TPSA) is 57.7 Å². The summed E-state index contributed by atoms with van der Waals surface area (Å²) >= 11 is 0. The number of rotatable bonds is 8. The van der Waals surface area contributed by atoms with E-state index in [9.17, 15) is 13.2 Å². The number of benzene rings is 1. The highest BCUT2D eigenvalue weighted by atomic mass is 32.2. The number of unbranched alkanes of at least 4 members (excludes halogenated alkanes) is 1. The molecule has 0 unspecified atom stereocenters. The van der Waals surface area contributed by atoms with Crippen LogP contribution < -0.4 is 4.31 Å². The van der Waals surface area contributed by atoms with Gasteiger partial charge in [0.15, 0.2) is 0 Å². The second-order valence-electron chi connectivity index (χ2n) is 5.59. The molecule has 124 valence electrons. The number of amides is 1. The molecule has 0 radical (unpaired) electrons. The van der Waals surface area contributed by atoms with E-state index in [1.165, 1.54) is 4.31 Å². The maximum atomic E-state index is 12.1. The Kier molecular flexibility index (Phi) is 6.87. The fourth-order valence-electron chi connectivity index (χ4n) is 2.11. The predicted molar refractivity (Wildman–Crippen MR) is 90.5 cm³/mol. The van der Waals surface area contributed by atoms with Crippen molar-refractivity contribution >= 4 is 21.6 Å². The van der Waals surface area contributed by atoms with Crippen LogP contribution in [0, 0.1) is 6.92 Å². The van der Waals surface area contributed by atoms with Crippen LogP contribution in [0.1, 0.15) is 31.7 Å². The van der Waals surface area contributed by atoms with E-state index in [0.717, 1.165) is 24.7 Å². The van der Waals surface area contributed by atoms with Crippen LogP contribution in [0.3, 0.4) is 0 Å². The van der Waals surface area contributed by atoms with Gasteiger partial charge in [0.1, 0.15) is 0 Å². The first-order chi connectivity index (χ1) is 10.3. The summed E-state index contributed by atoms with van der Waals surface area (Å²) in [6, 6.07) is 7.26. The molecule has 0 aromatic heterocycles. The maximum absolute atomic E-state index is 12.1. The number of carbonyl (C=O) groups is 1. The van der Waals surface area contributed by atoms with E-state index in [2.05, 4.69) is 6.92 Å². The molecule has 1 amide bonds. The van der Waals surface area contributed by atoms with Crippen LogP contribution in [0.25, 0.3) is 0 Å². The van der Waals surface area contributed by atoms with Crippen LogP contribution in [-0.4, -0.2) is 45.6 Å². The molecule has 0 N–H and O–H groups in total. The van der Waals surface area contributed by atoms with E-state index < -0.39 is 10.0 Å². The SMILES string of the molecule is CCCCN(C)C(=O)CCN(c1ccc(C)cc1)S(C)(=O)=O. The monoisotopic (exact) mass is 326 g/mol. The van der Waals surface area contributed by atoms with Crippen molar-refractivity contribution in [2.45, 2.75) is 33.1 Å². The lowest BCUT2D eigenvalue weighted by molar-refractivity contribution is -0.129. The zero-order chi connectivity index (χ0) is 16.8. The Labute approximate surface area is 134 Å². The number of sulfonamides is 1. The van der Waals surface area contributed by atoms with Crippen molar-refractivity contribution in [3.8, 4) is 0 Å². The Morgan fingerprint density at radius 2 is 1.73 bits per heavy atom. The lowest BCUT2D eigenvalue weighted by atomic mass is 10.2. The largest absolute Gasteiger partial charge is 0.346 e. The lowest BCUT2D eigenvalue weighted by Gasteiger charge is -2.24. The van der Waals surface area contributed by atoms with Crippen LogP contribution in [-0.2, 0) is 14.8 Å². The first kappa shape index (κ1) is 18.5. The number of nitrogens with zero attached hydrogens (tertiary/aromatic N) is 2. The van der Waals surface area contributed by atoms with Gasteiger partial charge in [0.25, 0.3) is 0 Å². The van der Waals surface area contributed by atoms with Crippen LogP contribution in [0.15, 0.2) is 24.3 Å². The minimum Gasteiger partial charge on any atom is -0.346 e. The van der Waals surface area contributed by atoms with Crippen molar-refractivity contribution < 1.29 is 13.2 Å². The summed E-state index contributed by atoms with van der Waals surface area (Å²) in [5.74, 6) is -0.0331. The highest BCUT2D eigenvalue weighted by Crippen LogP contribution is 2.18. The molecular formula is C16H26N2O3S. The molecule has 6 heteroatoms. The highest BCUT2D eigenvalue weighted by Gasteiger charge is 2.19. The Bertz CT molecular complexity index is 582. The third-order valence-corrected chi connectivity index (χ3v) is 4.72. The normalized spacial score (nSPS) is 11.3. The van der Waals surface area contributed by atoms with Crippen molar-refractivity contribution in [2.24, 2.45) is 0 Å². The van der Waals surface area contributed by atoms with E-state index in [1.54, 1.807) is 24.1 Å². The van der Waals surface area contributed by atoms with Crippen molar-refractivity contribution in [1.29, 1.82) is 0 Å². The molecule has 0 spiro atoms.